The molecule has 11 heteroatoms. The molecule has 0 unspecified atom stereocenters. The van der Waals surface area contributed by atoms with Crippen molar-refractivity contribution in [3.05, 3.63) is 42.2 Å². The number of nitrogens with zero attached hydrogens (tertiary/aromatic N) is 6. The average molecular weight is 376 g/mol. The molecule has 0 saturated carbocycles. The van der Waals surface area contributed by atoms with Crippen LogP contribution >= 0.6 is 11.8 Å². The molecule has 1 aromatic carbocycles. The average Bonchev–Trinajstić information content (AvgIpc) is 3.28. The lowest BCUT2D eigenvalue weighted by atomic mass is 10.2. The lowest BCUT2D eigenvalue weighted by Crippen LogP contribution is -2.00. The largest absolute Gasteiger partial charge is 0.497 e. The maximum atomic E-state index is 12.9. The molecule has 0 aliphatic carbocycles. The van der Waals surface area contributed by atoms with Crippen molar-refractivity contribution in [3.63, 3.8) is 0 Å². The summed E-state index contributed by atoms with van der Waals surface area (Å²) in [6, 6.07) is 10.3. The van der Waals surface area contributed by atoms with E-state index in [0.717, 1.165) is 21.8 Å². The van der Waals surface area contributed by atoms with Crippen molar-refractivity contribution in [2.24, 2.45) is 0 Å². The zero-order chi connectivity index (χ0) is 18.1. The Balaban J connectivity index is 1.58. The van der Waals surface area contributed by atoms with Crippen LogP contribution in [0.3, 0.4) is 0 Å². The minimum Gasteiger partial charge on any atom is -0.497 e. The van der Waals surface area contributed by atoms with Crippen LogP contribution in [0.25, 0.3) is 17.1 Å². The summed E-state index contributed by atoms with van der Waals surface area (Å²) in [7, 11) is 1.58. The topological polar surface area (TPSA) is 91.2 Å². The van der Waals surface area contributed by atoms with Gasteiger partial charge in [-0.15, -0.1) is 20.4 Å². The van der Waals surface area contributed by atoms with Crippen molar-refractivity contribution in [2.45, 2.75) is 16.7 Å². The van der Waals surface area contributed by atoms with Crippen LogP contribution in [-0.2, 0) is 0 Å². The highest BCUT2D eigenvalue weighted by atomic mass is 32.2. The van der Waals surface area contributed by atoms with E-state index in [2.05, 4.69) is 25.5 Å². The number of ether oxygens (including phenoxy) is 1. The van der Waals surface area contributed by atoms with Gasteiger partial charge >= 0.3 is 0 Å². The summed E-state index contributed by atoms with van der Waals surface area (Å²) < 4.78 is 37.5. The van der Waals surface area contributed by atoms with E-state index in [1.807, 2.05) is 0 Å². The van der Waals surface area contributed by atoms with E-state index in [9.17, 15) is 8.78 Å². The van der Waals surface area contributed by atoms with Crippen LogP contribution in [0.15, 0.2) is 51.1 Å². The first-order valence-electron chi connectivity index (χ1n) is 7.30. The molecule has 132 valence electrons. The third kappa shape index (κ3) is 3.08. The van der Waals surface area contributed by atoms with E-state index in [-0.39, 0.29) is 10.9 Å². The van der Waals surface area contributed by atoms with Crippen LogP contribution in [0.5, 0.6) is 5.75 Å². The van der Waals surface area contributed by atoms with Crippen LogP contribution in [0.4, 0.5) is 8.78 Å². The Hall–Kier alpha value is -3.08. The number of hydrogen-bond donors (Lipinski definition) is 0. The molecule has 0 atom stereocenters. The second-order valence-electron chi connectivity index (χ2n) is 5.00. The Labute approximate surface area is 149 Å². The van der Waals surface area contributed by atoms with Crippen LogP contribution in [0.1, 0.15) is 12.2 Å². The van der Waals surface area contributed by atoms with Gasteiger partial charge in [0.2, 0.25) is 11.7 Å². The van der Waals surface area contributed by atoms with E-state index in [1.165, 1.54) is 6.07 Å². The molecule has 26 heavy (non-hydrogen) atoms. The summed E-state index contributed by atoms with van der Waals surface area (Å²) in [5.41, 5.74) is 0.960. The van der Waals surface area contributed by atoms with Gasteiger partial charge in [-0.1, -0.05) is 0 Å². The number of aromatic nitrogens is 6. The normalized spacial score (nSPS) is 11.4. The smallest absolute Gasteiger partial charge is 0.299 e. The lowest BCUT2D eigenvalue weighted by Gasteiger charge is -2.00. The Morgan fingerprint density at radius 2 is 1.85 bits per heavy atom. The number of methoxy groups -OCH3 is 1. The number of alkyl halides is 2. The number of fused-ring (bicyclic) bond motifs is 1. The molecule has 0 aliphatic rings. The minimum absolute atomic E-state index is 0.231. The van der Waals surface area contributed by atoms with Gasteiger partial charge in [0, 0.05) is 5.56 Å². The summed E-state index contributed by atoms with van der Waals surface area (Å²) in [4.78, 5) is 0. The standard InChI is InChI=1S/C15H10F2N6O2S/c1-24-9-4-2-8(3-5-9)14-20-21-15(25-14)26-11-7-6-10-18-19-13(12(16)17)23(10)22-11/h2-7,12H,1H3. The molecule has 0 aliphatic heterocycles. The molecule has 0 spiro atoms. The van der Waals surface area contributed by atoms with Crippen molar-refractivity contribution in [1.82, 2.24) is 30.0 Å². The summed E-state index contributed by atoms with van der Waals surface area (Å²) >= 11 is 1.05. The molecule has 8 nitrogen and oxygen atoms in total. The SMILES string of the molecule is COc1ccc(-c2nnc(Sc3ccc4nnc(C(F)F)n4n3)o2)cc1. The molecule has 0 bridgehead atoms. The zero-order valence-corrected chi connectivity index (χ0v) is 14.0. The van der Waals surface area contributed by atoms with Crippen LogP contribution < -0.4 is 4.74 Å². The summed E-state index contributed by atoms with van der Waals surface area (Å²) in [5.74, 6) is 0.518. The first-order chi connectivity index (χ1) is 12.6. The minimum atomic E-state index is -2.78. The maximum absolute atomic E-state index is 12.9. The van der Waals surface area contributed by atoms with Gasteiger partial charge < -0.3 is 9.15 Å². The third-order valence-electron chi connectivity index (χ3n) is 3.39. The van der Waals surface area contributed by atoms with Crippen molar-refractivity contribution in [3.8, 4) is 17.2 Å². The van der Waals surface area contributed by atoms with Gasteiger partial charge in [0.25, 0.3) is 11.6 Å². The van der Waals surface area contributed by atoms with E-state index in [4.69, 9.17) is 9.15 Å². The first kappa shape index (κ1) is 16.4. The van der Waals surface area contributed by atoms with Crippen molar-refractivity contribution < 1.29 is 17.9 Å². The molecule has 4 rings (SSSR count). The summed E-state index contributed by atoms with van der Waals surface area (Å²) in [6.45, 7) is 0. The Morgan fingerprint density at radius 3 is 2.58 bits per heavy atom. The Kier molecular flexibility index (Phi) is 4.21. The second kappa shape index (κ2) is 6.67. The van der Waals surface area contributed by atoms with E-state index < -0.39 is 12.2 Å². The maximum Gasteiger partial charge on any atom is 0.299 e. The molecule has 0 fully saturated rings. The second-order valence-corrected chi connectivity index (χ2v) is 5.98. The number of halogens is 2. The Bertz CT molecular complexity index is 1050. The van der Waals surface area contributed by atoms with Crippen molar-refractivity contribution >= 4 is 17.4 Å². The number of benzene rings is 1. The molecular formula is C15H10F2N6O2S. The first-order valence-corrected chi connectivity index (χ1v) is 8.12. The molecule has 0 amide bonds. The predicted molar refractivity (Wildman–Crippen MR) is 86.1 cm³/mol. The highest BCUT2D eigenvalue weighted by Gasteiger charge is 2.18. The molecule has 0 N–H and O–H groups in total. The zero-order valence-electron chi connectivity index (χ0n) is 13.2. The van der Waals surface area contributed by atoms with Crippen LogP contribution in [0, 0.1) is 0 Å². The highest BCUT2D eigenvalue weighted by Crippen LogP contribution is 2.29. The fraction of sp³-hybridized carbons (Fsp3) is 0.133. The number of hydrogen-bond acceptors (Lipinski definition) is 8. The van der Waals surface area contributed by atoms with E-state index in [1.54, 1.807) is 37.4 Å². The quantitative estimate of drug-likeness (QED) is 0.524. The summed E-state index contributed by atoms with van der Waals surface area (Å²) in [5, 5.41) is 19.7. The van der Waals surface area contributed by atoms with E-state index in [0.29, 0.717) is 16.7 Å². The third-order valence-corrected chi connectivity index (χ3v) is 4.16. The summed E-state index contributed by atoms with van der Waals surface area (Å²) in [6.07, 6.45) is -2.78. The van der Waals surface area contributed by atoms with Crippen LogP contribution in [-0.4, -0.2) is 37.1 Å². The molecule has 4 aromatic rings. The van der Waals surface area contributed by atoms with Gasteiger partial charge in [0.05, 0.1) is 7.11 Å². The molecule has 3 aromatic heterocycles. The fourth-order valence-corrected chi connectivity index (χ4v) is 2.81. The molecular weight excluding hydrogens is 366 g/mol. The van der Waals surface area contributed by atoms with Gasteiger partial charge in [-0.3, -0.25) is 0 Å². The molecule has 0 radical (unpaired) electrons. The van der Waals surface area contributed by atoms with Gasteiger partial charge in [0.1, 0.15) is 10.8 Å². The monoisotopic (exact) mass is 376 g/mol. The van der Waals surface area contributed by atoms with E-state index >= 15 is 0 Å². The highest BCUT2D eigenvalue weighted by molar-refractivity contribution is 7.99. The fourth-order valence-electron chi connectivity index (χ4n) is 2.17. The number of rotatable bonds is 5. The van der Waals surface area contributed by atoms with Gasteiger partial charge in [-0.2, -0.15) is 9.61 Å². The van der Waals surface area contributed by atoms with Crippen LogP contribution in [0.2, 0.25) is 0 Å². The predicted octanol–water partition coefficient (Wildman–Crippen LogP) is 3.27. The Morgan fingerprint density at radius 1 is 1.04 bits per heavy atom. The van der Waals surface area contributed by atoms with Gasteiger partial charge in [0.15, 0.2) is 5.65 Å². The van der Waals surface area contributed by atoms with Gasteiger partial charge in [-0.05, 0) is 48.2 Å². The lowest BCUT2D eigenvalue weighted by molar-refractivity contribution is 0.137. The molecule has 3 heterocycles. The van der Waals surface area contributed by atoms with Crippen molar-refractivity contribution in [2.75, 3.05) is 7.11 Å². The molecule has 0 saturated heterocycles. The van der Waals surface area contributed by atoms with Crippen molar-refractivity contribution in [1.29, 1.82) is 0 Å². The van der Waals surface area contributed by atoms with Gasteiger partial charge in [-0.25, -0.2) is 8.78 Å².